The molecule has 6 heteroatoms. The molecule has 0 aliphatic carbocycles. The van der Waals surface area contributed by atoms with Crippen molar-refractivity contribution in [2.45, 2.75) is 32.9 Å². The van der Waals surface area contributed by atoms with E-state index >= 15 is 0 Å². The summed E-state index contributed by atoms with van der Waals surface area (Å²) in [6.45, 7) is 6.00. The molecule has 0 saturated heterocycles. The monoisotopic (exact) mass is 329 g/mol. The summed E-state index contributed by atoms with van der Waals surface area (Å²) in [4.78, 5) is 21.4. The van der Waals surface area contributed by atoms with Crippen molar-refractivity contribution >= 4 is 28.5 Å². The molecule has 5 nitrogen and oxygen atoms in total. The summed E-state index contributed by atoms with van der Waals surface area (Å²) in [6.07, 6.45) is 3.34. The van der Waals surface area contributed by atoms with Crippen molar-refractivity contribution in [3.05, 3.63) is 41.5 Å². The number of alkyl carbamates (subject to hydrolysis) is 1. The number of pyridine rings is 1. The van der Waals surface area contributed by atoms with Crippen LogP contribution in [-0.2, 0) is 11.3 Å². The van der Waals surface area contributed by atoms with E-state index in [1.807, 2.05) is 45.2 Å². The van der Waals surface area contributed by atoms with E-state index in [0.29, 0.717) is 6.54 Å². The predicted molar refractivity (Wildman–Crippen MR) is 92.5 cm³/mol. The fourth-order valence-electron chi connectivity index (χ4n) is 2.25. The van der Waals surface area contributed by atoms with Crippen molar-refractivity contribution < 1.29 is 9.53 Å². The van der Waals surface area contributed by atoms with Gasteiger partial charge in [-0.25, -0.2) is 9.78 Å². The summed E-state index contributed by atoms with van der Waals surface area (Å²) in [6, 6.07) is 8.06. The molecule has 0 spiro atoms. The number of nitrogens with one attached hydrogen (secondary N) is 2. The van der Waals surface area contributed by atoms with Crippen molar-refractivity contribution in [3.8, 4) is 10.4 Å². The molecule has 3 aromatic rings. The molecule has 23 heavy (non-hydrogen) atoms. The molecule has 0 fully saturated rings. The van der Waals surface area contributed by atoms with Crippen LogP contribution in [0.25, 0.3) is 21.5 Å². The largest absolute Gasteiger partial charge is 0.444 e. The molecule has 0 bridgehead atoms. The van der Waals surface area contributed by atoms with Gasteiger partial charge in [-0.3, -0.25) is 0 Å². The highest BCUT2D eigenvalue weighted by molar-refractivity contribution is 7.15. The van der Waals surface area contributed by atoms with E-state index in [1.54, 1.807) is 17.5 Å². The third-order valence-electron chi connectivity index (χ3n) is 3.18. The van der Waals surface area contributed by atoms with Crippen molar-refractivity contribution in [2.24, 2.45) is 0 Å². The van der Waals surface area contributed by atoms with Gasteiger partial charge in [0.2, 0.25) is 0 Å². The summed E-state index contributed by atoms with van der Waals surface area (Å²) in [5.41, 5.74) is 1.52. The maximum absolute atomic E-state index is 11.7. The first-order valence-electron chi connectivity index (χ1n) is 7.40. The minimum atomic E-state index is -0.484. The Balaban J connectivity index is 1.70. The number of ether oxygens (including phenoxy) is 1. The molecule has 0 aliphatic heterocycles. The van der Waals surface area contributed by atoms with Gasteiger partial charge in [-0.05, 0) is 45.0 Å². The highest BCUT2D eigenvalue weighted by Crippen LogP contribution is 2.33. The second-order valence-corrected chi connectivity index (χ2v) is 7.39. The van der Waals surface area contributed by atoms with Gasteiger partial charge in [0.1, 0.15) is 11.2 Å². The van der Waals surface area contributed by atoms with Crippen LogP contribution >= 0.6 is 11.3 Å². The molecule has 0 saturated carbocycles. The van der Waals surface area contributed by atoms with Gasteiger partial charge in [0.15, 0.2) is 0 Å². The molecule has 0 atom stereocenters. The quantitative estimate of drug-likeness (QED) is 0.752. The van der Waals surface area contributed by atoms with Gasteiger partial charge in [0, 0.05) is 33.1 Å². The normalized spacial score (nSPS) is 11.6. The summed E-state index contributed by atoms with van der Waals surface area (Å²) in [5, 5.41) is 3.88. The van der Waals surface area contributed by atoms with Crippen LogP contribution in [-0.4, -0.2) is 21.7 Å². The van der Waals surface area contributed by atoms with Crippen LogP contribution in [0.15, 0.2) is 36.7 Å². The van der Waals surface area contributed by atoms with Gasteiger partial charge >= 0.3 is 6.09 Å². The van der Waals surface area contributed by atoms with E-state index in [-0.39, 0.29) is 0 Å². The average Bonchev–Trinajstić information content (AvgIpc) is 3.09. The van der Waals surface area contributed by atoms with E-state index in [1.165, 1.54) is 0 Å². The lowest BCUT2D eigenvalue weighted by Gasteiger charge is -2.19. The van der Waals surface area contributed by atoms with Crippen molar-refractivity contribution in [2.75, 3.05) is 0 Å². The Bertz CT molecular complexity index is 830. The molecular formula is C17H19N3O2S. The van der Waals surface area contributed by atoms with E-state index in [9.17, 15) is 4.79 Å². The maximum Gasteiger partial charge on any atom is 0.407 e. The van der Waals surface area contributed by atoms with Gasteiger partial charge in [0.05, 0.1) is 6.54 Å². The summed E-state index contributed by atoms with van der Waals surface area (Å²) in [7, 11) is 0. The van der Waals surface area contributed by atoms with E-state index in [2.05, 4.69) is 21.4 Å². The lowest BCUT2D eigenvalue weighted by Crippen LogP contribution is -2.31. The molecule has 2 N–H and O–H groups in total. The summed E-state index contributed by atoms with van der Waals surface area (Å²) >= 11 is 1.65. The molecule has 3 aromatic heterocycles. The smallest absolute Gasteiger partial charge is 0.407 e. The Labute approximate surface area is 138 Å². The van der Waals surface area contributed by atoms with Crippen LogP contribution in [0, 0.1) is 0 Å². The average molecular weight is 329 g/mol. The summed E-state index contributed by atoms with van der Waals surface area (Å²) < 4.78 is 5.24. The molecule has 120 valence electrons. The number of amides is 1. The Morgan fingerprint density at radius 1 is 1.35 bits per heavy atom. The SMILES string of the molecule is CC(C)(C)OC(=O)NCc1ccc(-c2c[nH]c3ncccc23)s1. The standard InChI is InChI=1S/C17H19N3O2S/c1-17(2,3)22-16(21)20-9-11-6-7-14(23-11)13-10-19-15-12(13)5-4-8-18-15/h4-8,10H,9H2,1-3H3,(H,18,19)(H,20,21). The number of carbonyl (C=O) groups is 1. The van der Waals surface area contributed by atoms with Crippen LogP contribution in [0.1, 0.15) is 25.6 Å². The van der Waals surface area contributed by atoms with Crippen molar-refractivity contribution in [1.82, 2.24) is 15.3 Å². The fourth-order valence-corrected chi connectivity index (χ4v) is 3.23. The maximum atomic E-state index is 11.7. The molecule has 0 aromatic carbocycles. The first-order valence-corrected chi connectivity index (χ1v) is 8.22. The zero-order chi connectivity index (χ0) is 16.4. The fraction of sp³-hybridized carbons (Fsp3) is 0.294. The van der Waals surface area contributed by atoms with E-state index in [0.717, 1.165) is 26.4 Å². The highest BCUT2D eigenvalue weighted by atomic mass is 32.1. The zero-order valence-corrected chi connectivity index (χ0v) is 14.2. The Morgan fingerprint density at radius 2 is 2.17 bits per heavy atom. The minimum absolute atomic E-state index is 0.399. The highest BCUT2D eigenvalue weighted by Gasteiger charge is 2.16. The van der Waals surface area contributed by atoms with Crippen molar-refractivity contribution in [1.29, 1.82) is 0 Å². The zero-order valence-electron chi connectivity index (χ0n) is 13.3. The topological polar surface area (TPSA) is 67.0 Å². The number of nitrogens with zero attached hydrogens (tertiary/aromatic N) is 1. The van der Waals surface area contributed by atoms with E-state index < -0.39 is 11.7 Å². The van der Waals surface area contributed by atoms with Gasteiger partial charge in [-0.2, -0.15) is 0 Å². The third kappa shape index (κ3) is 3.71. The van der Waals surface area contributed by atoms with Crippen LogP contribution < -0.4 is 5.32 Å². The number of thiophene rings is 1. The van der Waals surface area contributed by atoms with Crippen molar-refractivity contribution in [3.63, 3.8) is 0 Å². The first-order chi connectivity index (χ1) is 10.9. The third-order valence-corrected chi connectivity index (χ3v) is 4.30. The van der Waals surface area contributed by atoms with E-state index in [4.69, 9.17) is 4.74 Å². The predicted octanol–water partition coefficient (Wildman–Crippen LogP) is 4.32. The second-order valence-electron chi connectivity index (χ2n) is 6.22. The number of aromatic amines is 1. The number of fused-ring (bicyclic) bond motifs is 1. The molecular weight excluding hydrogens is 310 g/mol. The molecule has 0 unspecified atom stereocenters. The molecule has 0 aliphatic rings. The Morgan fingerprint density at radius 3 is 2.96 bits per heavy atom. The van der Waals surface area contributed by atoms with Gasteiger partial charge in [-0.15, -0.1) is 11.3 Å². The number of H-pyrrole nitrogens is 1. The van der Waals surface area contributed by atoms with Crippen LogP contribution in [0.5, 0.6) is 0 Å². The number of hydrogen-bond acceptors (Lipinski definition) is 4. The lowest BCUT2D eigenvalue weighted by molar-refractivity contribution is 0.0524. The van der Waals surface area contributed by atoms with Gasteiger partial charge in [0.25, 0.3) is 0 Å². The lowest BCUT2D eigenvalue weighted by atomic mass is 10.2. The number of carbonyl (C=O) groups excluding carboxylic acids is 1. The Kier molecular flexibility index (Phi) is 4.09. The molecule has 1 amide bonds. The number of rotatable bonds is 3. The minimum Gasteiger partial charge on any atom is -0.444 e. The second kappa shape index (κ2) is 6.04. The molecule has 3 rings (SSSR count). The number of hydrogen-bond donors (Lipinski definition) is 2. The summed E-state index contributed by atoms with van der Waals surface area (Å²) in [5.74, 6) is 0. The van der Waals surface area contributed by atoms with Crippen LogP contribution in [0.4, 0.5) is 4.79 Å². The molecule has 0 radical (unpaired) electrons. The number of aromatic nitrogens is 2. The first kappa shape index (κ1) is 15.6. The Hall–Kier alpha value is -2.34. The van der Waals surface area contributed by atoms with Gasteiger partial charge < -0.3 is 15.0 Å². The van der Waals surface area contributed by atoms with Gasteiger partial charge in [-0.1, -0.05) is 0 Å². The van der Waals surface area contributed by atoms with Crippen LogP contribution in [0.2, 0.25) is 0 Å². The van der Waals surface area contributed by atoms with Crippen LogP contribution in [0.3, 0.4) is 0 Å². The molecule has 3 heterocycles.